The zero-order valence-corrected chi connectivity index (χ0v) is 23.2. The summed E-state index contributed by atoms with van der Waals surface area (Å²) in [5, 5.41) is 24.3. The second kappa shape index (κ2) is 13.3. The first-order chi connectivity index (χ1) is 17.0. The molecule has 0 spiro atoms. The fourth-order valence-electron chi connectivity index (χ4n) is 4.62. The molecule has 2 saturated heterocycles. The summed E-state index contributed by atoms with van der Waals surface area (Å²) < 4.78 is 17.8. The lowest BCUT2D eigenvalue weighted by Gasteiger charge is -2.38. The molecule has 1 amide bonds. The van der Waals surface area contributed by atoms with Crippen LogP contribution >= 0.6 is 35.0 Å². The van der Waals surface area contributed by atoms with Crippen LogP contribution in [0.4, 0.5) is 0 Å². The molecule has 0 aliphatic carbocycles. The maximum Gasteiger partial charge on any atom is 0.463 e. The normalized spacial score (nSPS) is 27.6. The van der Waals surface area contributed by atoms with Gasteiger partial charge in [0, 0.05) is 23.0 Å². The van der Waals surface area contributed by atoms with Gasteiger partial charge in [0.1, 0.15) is 18.3 Å². The number of ketones is 1. The smallest absolute Gasteiger partial charge is 0.400 e. The molecule has 200 valence electrons. The highest BCUT2D eigenvalue weighted by Gasteiger charge is 2.54. The van der Waals surface area contributed by atoms with Crippen LogP contribution in [0, 0.1) is 5.92 Å². The standard InChI is InChI=1S/C24H34BCl2NO7S/c1-5-19-20(30)21(31)22-24(33-19)35-25(34-22)13(8-12(2)3)9-18(29)17(11-36-4)28-23(32)15-10-14(26)6-7-16(15)27/h6-7,10,12-13,17,19-22,24,30-31H,5,8-9,11H2,1-4H3,(H,28,32)/t13-,17+,19-,20-,21+,22-,24-/m1/s1. The summed E-state index contributed by atoms with van der Waals surface area (Å²) in [6.45, 7) is 5.92. The molecule has 7 atom stereocenters. The Morgan fingerprint density at radius 1 is 1.19 bits per heavy atom. The Hall–Kier alpha value is -0.845. The zero-order chi connectivity index (χ0) is 26.6. The maximum absolute atomic E-state index is 13.4. The van der Waals surface area contributed by atoms with Gasteiger partial charge in [0.05, 0.1) is 22.7 Å². The van der Waals surface area contributed by atoms with Gasteiger partial charge in [0.2, 0.25) is 0 Å². The number of aliphatic hydroxyl groups is 2. The number of carbonyl (C=O) groups excluding carboxylic acids is 2. The lowest BCUT2D eigenvalue weighted by molar-refractivity contribution is -0.243. The van der Waals surface area contributed by atoms with E-state index in [1.807, 2.05) is 27.0 Å². The predicted molar refractivity (Wildman–Crippen MR) is 142 cm³/mol. The molecular weight excluding hydrogens is 528 g/mol. The minimum atomic E-state index is -1.15. The first-order valence-electron chi connectivity index (χ1n) is 12.2. The topological polar surface area (TPSA) is 114 Å². The van der Waals surface area contributed by atoms with E-state index in [1.165, 1.54) is 23.9 Å². The molecule has 2 fully saturated rings. The molecule has 3 rings (SSSR count). The summed E-state index contributed by atoms with van der Waals surface area (Å²) in [6.07, 6.45) is -1.39. The van der Waals surface area contributed by atoms with Crippen molar-refractivity contribution in [1.82, 2.24) is 5.32 Å². The van der Waals surface area contributed by atoms with Crippen LogP contribution in [0.5, 0.6) is 0 Å². The van der Waals surface area contributed by atoms with Gasteiger partial charge < -0.3 is 29.6 Å². The zero-order valence-electron chi connectivity index (χ0n) is 20.9. The number of halogens is 2. The highest BCUT2D eigenvalue weighted by atomic mass is 35.5. The lowest BCUT2D eigenvalue weighted by Crippen LogP contribution is -2.56. The molecule has 1 aromatic carbocycles. The summed E-state index contributed by atoms with van der Waals surface area (Å²) in [4.78, 5) is 26.3. The second-order valence-corrected chi connectivity index (χ2v) is 11.5. The Labute approximate surface area is 226 Å². The van der Waals surface area contributed by atoms with E-state index in [1.54, 1.807) is 6.07 Å². The number of ether oxygens (including phenoxy) is 1. The van der Waals surface area contributed by atoms with Crippen molar-refractivity contribution in [3.8, 4) is 0 Å². The average Bonchev–Trinajstić information content (AvgIpc) is 3.26. The number of amides is 1. The fraction of sp³-hybridized carbons (Fsp3) is 0.667. The SMILES string of the molecule is CC[C@H]1O[C@@H]2OB([C@@H](CC(=O)[C@H](CSC)NC(=O)c3cc(Cl)ccc3Cl)CC(C)C)O[C@@H]2[C@@H](O)[C@@H]1O. The molecule has 0 radical (unpaired) electrons. The number of hydrogen-bond donors (Lipinski definition) is 3. The van der Waals surface area contributed by atoms with Crippen molar-refractivity contribution >= 4 is 53.8 Å². The molecule has 0 aromatic heterocycles. The lowest BCUT2D eigenvalue weighted by atomic mass is 9.65. The van der Waals surface area contributed by atoms with Gasteiger partial charge in [-0.05, 0) is 43.2 Å². The predicted octanol–water partition coefficient (Wildman–Crippen LogP) is 3.59. The van der Waals surface area contributed by atoms with E-state index in [0.717, 1.165) is 0 Å². The van der Waals surface area contributed by atoms with Crippen molar-refractivity contribution in [2.24, 2.45) is 5.92 Å². The van der Waals surface area contributed by atoms with Crippen LogP contribution in [0.3, 0.4) is 0 Å². The molecule has 36 heavy (non-hydrogen) atoms. The summed E-state index contributed by atoms with van der Waals surface area (Å²) in [5.74, 6) is -0.383. The van der Waals surface area contributed by atoms with E-state index in [0.29, 0.717) is 23.6 Å². The van der Waals surface area contributed by atoms with Crippen molar-refractivity contribution in [3.63, 3.8) is 0 Å². The summed E-state index contributed by atoms with van der Waals surface area (Å²) in [6, 6.07) is 3.83. The summed E-state index contributed by atoms with van der Waals surface area (Å²) in [7, 11) is -0.795. The molecule has 1 aromatic rings. The van der Waals surface area contributed by atoms with Gasteiger partial charge in [-0.25, -0.2) is 0 Å². The van der Waals surface area contributed by atoms with E-state index in [-0.39, 0.29) is 34.5 Å². The first kappa shape index (κ1) is 29.7. The molecule has 0 bridgehead atoms. The summed E-state index contributed by atoms with van der Waals surface area (Å²) >= 11 is 13.6. The van der Waals surface area contributed by atoms with Crippen LogP contribution in [-0.4, -0.2) is 77.8 Å². The number of benzene rings is 1. The fourth-order valence-corrected chi connectivity index (χ4v) is 5.60. The molecule has 0 saturated carbocycles. The minimum absolute atomic E-state index is 0.0902. The highest BCUT2D eigenvalue weighted by Crippen LogP contribution is 2.38. The van der Waals surface area contributed by atoms with Crippen LogP contribution in [0.2, 0.25) is 15.9 Å². The number of thioether (sulfide) groups is 1. The second-order valence-electron chi connectivity index (χ2n) is 9.70. The third kappa shape index (κ3) is 7.17. The van der Waals surface area contributed by atoms with E-state index < -0.39 is 49.8 Å². The Morgan fingerprint density at radius 3 is 2.56 bits per heavy atom. The van der Waals surface area contributed by atoms with Crippen molar-refractivity contribution in [1.29, 1.82) is 0 Å². The Bertz CT molecular complexity index is 926. The van der Waals surface area contributed by atoms with Gasteiger partial charge in [-0.1, -0.05) is 44.0 Å². The number of aliphatic hydroxyl groups excluding tert-OH is 2. The third-order valence-electron chi connectivity index (χ3n) is 6.43. The first-order valence-corrected chi connectivity index (χ1v) is 14.3. The van der Waals surface area contributed by atoms with Gasteiger partial charge in [0.15, 0.2) is 12.1 Å². The quantitative estimate of drug-likeness (QED) is 0.351. The van der Waals surface area contributed by atoms with Crippen molar-refractivity contribution in [2.75, 3.05) is 12.0 Å². The number of nitrogens with one attached hydrogen (secondary N) is 1. The average molecular weight is 562 g/mol. The molecule has 12 heteroatoms. The Balaban J connectivity index is 1.72. The number of Topliss-reactive ketones (excluding diaryl/α,β-unsaturated/α-hetero) is 1. The highest BCUT2D eigenvalue weighted by molar-refractivity contribution is 7.98. The van der Waals surface area contributed by atoms with Crippen LogP contribution in [-0.2, 0) is 18.8 Å². The van der Waals surface area contributed by atoms with Crippen molar-refractivity contribution in [3.05, 3.63) is 33.8 Å². The number of carbonyl (C=O) groups is 2. The summed E-state index contributed by atoms with van der Waals surface area (Å²) in [5.41, 5.74) is 0.198. The van der Waals surface area contributed by atoms with E-state index >= 15 is 0 Å². The number of fused-ring (bicyclic) bond motifs is 1. The van der Waals surface area contributed by atoms with Crippen molar-refractivity contribution in [2.45, 2.75) is 82.6 Å². The van der Waals surface area contributed by atoms with Crippen molar-refractivity contribution < 1.29 is 33.8 Å². The van der Waals surface area contributed by atoms with Crippen LogP contribution in [0.1, 0.15) is 50.4 Å². The molecule has 2 heterocycles. The van der Waals surface area contributed by atoms with Crippen LogP contribution in [0.15, 0.2) is 18.2 Å². The van der Waals surface area contributed by atoms with Crippen LogP contribution < -0.4 is 5.32 Å². The van der Waals surface area contributed by atoms with E-state index in [2.05, 4.69) is 5.32 Å². The Morgan fingerprint density at radius 2 is 1.92 bits per heavy atom. The van der Waals surface area contributed by atoms with Gasteiger partial charge in [0.25, 0.3) is 5.91 Å². The van der Waals surface area contributed by atoms with Crippen LogP contribution in [0.25, 0.3) is 0 Å². The maximum atomic E-state index is 13.4. The molecule has 8 nitrogen and oxygen atoms in total. The number of hydrogen-bond acceptors (Lipinski definition) is 8. The molecule has 2 aliphatic heterocycles. The van der Waals surface area contributed by atoms with Gasteiger partial charge in [-0.2, -0.15) is 11.8 Å². The van der Waals surface area contributed by atoms with Gasteiger partial charge in [-0.3, -0.25) is 9.59 Å². The molecule has 0 unspecified atom stereocenters. The molecular formula is C24H34BCl2NO7S. The molecule has 2 aliphatic rings. The monoisotopic (exact) mass is 561 g/mol. The Kier molecular flexibility index (Phi) is 11.0. The minimum Gasteiger partial charge on any atom is -0.400 e. The van der Waals surface area contributed by atoms with Gasteiger partial charge >= 0.3 is 7.12 Å². The van der Waals surface area contributed by atoms with E-state index in [4.69, 9.17) is 37.2 Å². The van der Waals surface area contributed by atoms with Gasteiger partial charge in [-0.15, -0.1) is 0 Å². The molecule has 3 N–H and O–H groups in total. The number of rotatable bonds is 11. The third-order valence-corrected chi connectivity index (χ3v) is 7.66. The largest absolute Gasteiger partial charge is 0.463 e. The van der Waals surface area contributed by atoms with E-state index in [9.17, 15) is 19.8 Å².